The summed E-state index contributed by atoms with van der Waals surface area (Å²) in [5.74, 6) is -0.335. The summed E-state index contributed by atoms with van der Waals surface area (Å²) in [7, 11) is 0. The Bertz CT molecular complexity index is 777. The van der Waals surface area contributed by atoms with E-state index >= 15 is 0 Å². The minimum Gasteiger partial charge on any atom is -0.834 e. The minimum atomic E-state index is -2.06. The summed E-state index contributed by atoms with van der Waals surface area (Å²) in [5.41, 5.74) is 4.52. The summed E-state index contributed by atoms with van der Waals surface area (Å²) < 4.78 is 6.97. The monoisotopic (exact) mass is 394 g/mol. The van der Waals surface area contributed by atoms with Crippen LogP contribution in [0.2, 0.25) is 0 Å². The number of nitrogens with zero attached hydrogens (tertiary/aromatic N) is 1. The molecule has 0 radical (unpaired) electrons. The largest absolute Gasteiger partial charge is 0.834 e. The van der Waals surface area contributed by atoms with Gasteiger partial charge in [-0.15, -0.1) is 0 Å². The molecule has 2 aromatic carbocycles. The molecule has 0 aromatic heterocycles. The topological polar surface area (TPSA) is 75.4 Å². The van der Waals surface area contributed by atoms with Crippen LogP contribution in [-0.2, 0) is 15.1 Å². The number of fused-ring (bicyclic) bond motifs is 3. The number of ether oxygens (including phenoxy) is 1. The molecule has 0 aliphatic carbocycles. The van der Waals surface area contributed by atoms with Gasteiger partial charge in [-0.2, -0.15) is 0 Å². The minimum absolute atomic E-state index is 0.191. The molecular formula is C24H30N2O3. The van der Waals surface area contributed by atoms with Gasteiger partial charge in [0.1, 0.15) is 6.54 Å². The van der Waals surface area contributed by atoms with Crippen LogP contribution in [-0.4, -0.2) is 49.3 Å². The lowest BCUT2D eigenvalue weighted by atomic mass is 9.82. The number of hydrogen-bond acceptors (Lipinski definition) is 4. The molecule has 3 heterocycles. The second-order valence-corrected chi connectivity index (χ2v) is 8.53. The third-order valence-electron chi connectivity index (χ3n) is 6.78. The standard InChI is InChI=1S/C24H30N2O3/c25-14-7-15-26-16-12-19(13-17-26)22(18-26)29-23(27)24(28,20-8-3-1-4-9-20)21-10-5-2-6-11-21/h1-6,8-11,19,22H,7,12-18,25H2/t19?,22-,26?/m0/s1. The molecule has 3 aliphatic rings. The Morgan fingerprint density at radius 1 is 1.03 bits per heavy atom. The summed E-state index contributed by atoms with van der Waals surface area (Å²) in [5, 5.41) is 14.0. The highest BCUT2D eigenvalue weighted by Gasteiger charge is 2.48. The fourth-order valence-electron chi connectivity index (χ4n) is 5.06. The lowest BCUT2D eigenvalue weighted by Crippen LogP contribution is -2.65. The van der Waals surface area contributed by atoms with Gasteiger partial charge in [0.2, 0.25) is 0 Å². The predicted molar refractivity (Wildman–Crippen MR) is 110 cm³/mol. The summed E-state index contributed by atoms with van der Waals surface area (Å²) in [6.07, 6.45) is 2.88. The third kappa shape index (κ3) is 3.82. The first-order valence-electron chi connectivity index (χ1n) is 10.7. The van der Waals surface area contributed by atoms with Gasteiger partial charge in [0.25, 0.3) is 0 Å². The van der Waals surface area contributed by atoms with Gasteiger partial charge in [-0.25, -0.2) is 0 Å². The van der Waals surface area contributed by atoms with Crippen molar-refractivity contribution in [3.05, 3.63) is 71.8 Å². The van der Waals surface area contributed by atoms with Crippen molar-refractivity contribution in [1.82, 2.24) is 0 Å². The fraction of sp³-hybridized carbons (Fsp3) is 0.458. The molecule has 5 nitrogen and oxygen atoms in total. The van der Waals surface area contributed by atoms with Crippen molar-refractivity contribution in [2.45, 2.75) is 31.0 Å². The number of carbonyl (C=O) groups is 1. The van der Waals surface area contributed by atoms with E-state index in [0.29, 0.717) is 23.6 Å². The van der Waals surface area contributed by atoms with Crippen LogP contribution in [0.25, 0.3) is 0 Å². The second kappa shape index (κ2) is 8.27. The van der Waals surface area contributed by atoms with Crippen LogP contribution >= 0.6 is 0 Å². The lowest BCUT2D eigenvalue weighted by molar-refractivity contribution is -0.946. The van der Waals surface area contributed by atoms with E-state index in [4.69, 9.17) is 10.5 Å². The highest BCUT2D eigenvalue weighted by Crippen LogP contribution is 2.37. The number of rotatable bonds is 7. The van der Waals surface area contributed by atoms with E-state index in [1.165, 1.54) is 0 Å². The number of benzene rings is 2. The predicted octanol–water partition coefficient (Wildman–Crippen LogP) is 1.79. The number of quaternary nitrogens is 1. The van der Waals surface area contributed by atoms with Crippen molar-refractivity contribution in [1.29, 1.82) is 0 Å². The highest BCUT2D eigenvalue weighted by molar-refractivity contribution is 5.85. The van der Waals surface area contributed by atoms with Gasteiger partial charge in [-0.1, -0.05) is 60.7 Å². The molecule has 0 unspecified atom stereocenters. The molecule has 3 saturated heterocycles. The number of hydrogen-bond donors (Lipinski definition) is 1. The van der Waals surface area contributed by atoms with E-state index < -0.39 is 11.6 Å². The maximum Gasteiger partial charge on any atom is 0.304 e. The SMILES string of the molecule is NCCC[N+]12CCC(CC1)[C@@H](OC(=O)C([O-])(c1ccccc1)c1ccccc1)C2. The lowest BCUT2D eigenvalue weighted by Gasteiger charge is -2.53. The molecule has 154 valence electrons. The van der Waals surface area contributed by atoms with Gasteiger partial charge in [0.05, 0.1) is 19.6 Å². The molecule has 5 heteroatoms. The Kier molecular flexibility index (Phi) is 5.72. The Labute approximate surface area is 172 Å². The Balaban J connectivity index is 1.59. The molecule has 0 amide bonds. The Morgan fingerprint density at radius 2 is 1.59 bits per heavy atom. The van der Waals surface area contributed by atoms with Gasteiger partial charge >= 0.3 is 5.97 Å². The summed E-state index contributed by atoms with van der Waals surface area (Å²) >= 11 is 0. The maximum absolute atomic E-state index is 14.0. The quantitative estimate of drug-likeness (QED) is 0.574. The van der Waals surface area contributed by atoms with Crippen molar-refractivity contribution < 1.29 is 19.1 Å². The van der Waals surface area contributed by atoms with Crippen LogP contribution in [0.4, 0.5) is 0 Å². The first-order chi connectivity index (χ1) is 14.1. The maximum atomic E-state index is 14.0. The van der Waals surface area contributed by atoms with E-state index in [-0.39, 0.29) is 6.10 Å². The fourth-order valence-corrected chi connectivity index (χ4v) is 5.06. The molecule has 29 heavy (non-hydrogen) atoms. The normalized spacial score (nSPS) is 26.3. The van der Waals surface area contributed by atoms with Gasteiger partial charge in [0.15, 0.2) is 6.10 Å². The van der Waals surface area contributed by atoms with E-state index in [2.05, 4.69) is 0 Å². The number of nitrogens with two attached hydrogens (primary N) is 1. The summed E-state index contributed by atoms with van der Waals surface area (Å²) in [6.45, 7) is 4.75. The average molecular weight is 395 g/mol. The smallest absolute Gasteiger partial charge is 0.304 e. The van der Waals surface area contributed by atoms with Crippen LogP contribution in [0, 0.1) is 5.92 Å². The number of carbonyl (C=O) groups excluding carboxylic acids is 1. The molecular weight excluding hydrogens is 364 g/mol. The molecule has 2 aromatic rings. The summed E-state index contributed by atoms with van der Waals surface area (Å²) in [4.78, 5) is 13.4. The molecule has 2 N–H and O–H groups in total. The van der Waals surface area contributed by atoms with Crippen molar-refractivity contribution >= 4 is 5.97 Å². The van der Waals surface area contributed by atoms with Crippen molar-refractivity contribution in [3.63, 3.8) is 0 Å². The van der Waals surface area contributed by atoms with E-state index in [1.54, 1.807) is 48.5 Å². The first kappa shape index (κ1) is 20.1. The molecule has 5 rings (SSSR count). The van der Waals surface area contributed by atoms with Gasteiger partial charge < -0.3 is 20.1 Å². The van der Waals surface area contributed by atoms with E-state index in [9.17, 15) is 9.90 Å². The van der Waals surface area contributed by atoms with Crippen LogP contribution in [0.3, 0.4) is 0 Å². The number of esters is 1. The zero-order valence-corrected chi connectivity index (χ0v) is 16.8. The van der Waals surface area contributed by atoms with Gasteiger partial charge in [-0.05, 0) is 17.7 Å². The number of piperidine rings is 3. The van der Waals surface area contributed by atoms with E-state index in [1.807, 2.05) is 12.1 Å². The molecule has 0 spiro atoms. The molecule has 3 fully saturated rings. The molecule has 3 aliphatic heterocycles. The molecule has 0 saturated carbocycles. The highest BCUT2D eigenvalue weighted by atomic mass is 16.6. The Hall–Kier alpha value is -2.21. The van der Waals surface area contributed by atoms with Gasteiger partial charge in [-0.3, -0.25) is 4.79 Å². The van der Waals surface area contributed by atoms with Gasteiger partial charge in [0, 0.05) is 30.8 Å². The van der Waals surface area contributed by atoms with Crippen LogP contribution in [0.5, 0.6) is 0 Å². The van der Waals surface area contributed by atoms with Crippen molar-refractivity contribution in [3.8, 4) is 0 Å². The zero-order chi connectivity index (χ0) is 20.3. The zero-order valence-electron chi connectivity index (χ0n) is 16.8. The van der Waals surface area contributed by atoms with Crippen LogP contribution < -0.4 is 10.8 Å². The summed E-state index contributed by atoms with van der Waals surface area (Å²) in [6, 6.07) is 17.7. The van der Waals surface area contributed by atoms with E-state index in [0.717, 1.165) is 49.9 Å². The third-order valence-corrected chi connectivity index (χ3v) is 6.78. The van der Waals surface area contributed by atoms with Crippen LogP contribution in [0.15, 0.2) is 60.7 Å². The van der Waals surface area contributed by atoms with Crippen molar-refractivity contribution in [2.75, 3.05) is 32.7 Å². The second-order valence-electron chi connectivity index (χ2n) is 8.53. The molecule has 1 atom stereocenters. The Morgan fingerprint density at radius 3 is 2.10 bits per heavy atom. The van der Waals surface area contributed by atoms with Crippen molar-refractivity contribution in [2.24, 2.45) is 11.7 Å². The average Bonchev–Trinajstić information content (AvgIpc) is 2.79. The molecule has 2 bridgehead atoms. The van der Waals surface area contributed by atoms with Crippen LogP contribution in [0.1, 0.15) is 30.4 Å². The first-order valence-corrected chi connectivity index (χ1v) is 10.7.